The first-order chi connectivity index (χ1) is 9.38. The van der Waals surface area contributed by atoms with Gasteiger partial charge in [0.25, 0.3) is 0 Å². The van der Waals surface area contributed by atoms with Gasteiger partial charge in [0.05, 0.1) is 0 Å². The number of H-pyrrole nitrogens is 1. The van der Waals surface area contributed by atoms with E-state index < -0.39 is 0 Å². The molecule has 4 heteroatoms. The van der Waals surface area contributed by atoms with Gasteiger partial charge in [0.15, 0.2) is 0 Å². The number of aromatic amines is 1. The maximum atomic E-state index is 8.75. The number of fused-ring (bicyclic) bond motifs is 3. The predicted molar refractivity (Wildman–Crippen MR) is 75.6 cm³/mol. The van der Waals surface area contributed by atoms with Gasteiger partial charge in [-0.15, -0.1) is 0 Å². The van der Waals surface area contributed by atoms with Gasteiger partial charge in [-0.1, -0.05) is 6.07 Å². The Hall–Kier alpha value is -1.52. The van der Waals surface area contributed by atoms with Crippen molar-refractivity contribution in [2.75, 3.05) is 19.7 Å². The zero-order valence-electron chi connectivity index (χ0n) is 11.0. The number of aryl methyl sites for hydroxylation is 1. The molecule has 1 aromatic heterocycles. The van der Waals surface area contributed by atoms with Crippen LogP contribution in [0.3, 0.4) is 0 Å². The van der Waals surface area contributed by atoms with E-state index in [0.29, 0.717) is 0 Å². The number of aromatic nitrogens is 1. The highest BCUT2D eigenvalue weighted by Gasteiger charge is 2.21. The number of aliphatic hydroxyl groups excluding tert-OH is 1. The van der Waals surface area contributed by atoms with Crippen molar-refractivity contribution >= 4 is 10.9 Å². The normalized spacial score (nSPS) is 18.3. The first-order valence-corrected chi connectivity index (χ1v) is 6.95. The fourth-order valence-electron chi connectivity index (χ4n) is 2.64. The molecule has 0 bridgehead atoms. The van der Waals surface area contributed by atoms with E-state index in [0.717, 1.165) is 43.6 Å². The van der Waals surface area contributed by atoms with Crippen molar-refractivity contribution in [3.8, 4) is 5.75 Å². The smallest absolute Gasteiger partial charge is 0.132 e. The summed E-state index contributed by atoms with van der Waals surface area (Å²) in [6, 6.07) is 6.36. The zero-order chi connectivity index (χ0) is 13.1. The van der Waals surface area contributed by atoms with E-state index >= 15 is 0 Å². The number of ether oxygens (including phenoxy) is 1. The molecule has 0 unspecified atom stereocenters. The number of nitrogens with one attached hydrogen (secondary N) is 2. The van der Waals surface area contributed by atoms with Crippen molar-refractivity contribution in [2.24, 2.45) is 0 Å². The Balaban J connectivity index is 1.70. The molecule has 0 saturated heterocycles. The topological polar surface area (TPSA) is 57.3 Å². The van der Waals surface area contributed by atoms with Gasteiger partial charge in [-0.2, -0.15) is 0 Å². The molecule has 0 saturated carbocycles. The Kier molecular flexibility index (Phi) is 3.71. The largest absolute Gasteiger partial charge is 0.488 e. The van der Waals surface area contributed by atoms with E-state index in [1.165, 1.54) is 10.9 Å². The van der Waals surface area contributed by atoms with Crippen LogP contribution in [0.1, 0.15) is 18.4 Å². The second-order valence-electron chi connectivity index (χ2n) is 5.05. The van der Waals surface area contributed by atoms with Crippen LogP contribution in [0.15, 0.2) is 24.4 Å². The van der Waals surface area contributed by atoms with E-state index in [2.05, 4.69) is 28.5 Å². The van der Waals surface area contributed by atoms with Crippen LogP contribution in [0.4, 0.5) is 0 Å². The minimum absolute atomic E-state index is 0.228. The summed E-state index contributed by atoms with van der Waals surface area (Å²) in [4.78, 5) is 3.22. The lowest BCUT2D eigenvalue weighted by Crippen LogP contribution is -2.34. The molecule has 19 heavy (non-hydrogen) atoms. The number of rotatable bonds is 5. The van der Waals surface area contributed by atoms with Crippen LogP contribution in [0.25, 0.3) is 10.9 Å². The molecule has 3 rings (SSSR count). The molecule has 2 heterocycles. The molecule has 1 aliphatic rings. The number of benzene rings is 1. The second-order valence-corrected chi connectivity index (χ2v) is 5.05. The summed E-state index contributed by atoms with van der Waals surface area (Å²) < 4.78 is 6.14. The fourth-order valence-corrected chi connectivity index (χ4v) is 2.64. The summed E-state index contributed by atoms with van der Waals surface area (Å²) in [6.07, 6.45) is 5.10. The second kappa shape index (κ2) is 5.63. The fraction of sp³-hybridized carbons (Fsp3) is 0.467. The molecule has 2 aromatic rings. The molecule has 0 aliphatic carbocycles. The third-order valence-corrected chi connectivity index (χ3v) is 3.67. The van der Waals surface area contributed by atoms with Crippen LogP contribution in [0.2, 0.25) is 0 Å². The highest BCUT2D eigenvalue weighted by molar-refractivity contribution is 5.87. The zero-order valence-corrected chi connectivity index (χ0v) is 11.0. The van der Waals surface area contributed by atoms with E-state index in [1.54, 1.807) is 0 Å². The molecule has 0 fully saturated rings. The van der Waals surface area contributed by atoms with Gasteiger partial charge in [0, 0.05) is 30.3 Å². The lowest BCUT2D eigenvalue weighted by atomic mass is 10.00. The maximum absolute atomic E-state index is 8.75. The summed E-state index contributed by atoms with van der Waals surface area (Å²) in [5, 5.41) is 13.3. The quantitative estimate of drug-likeness (QED) is 0.719. The highest BCUT2D eigenvalue weighted by atomic mass is 16.5. The van der Waals surface area contributed by atoms with Crippen molar-refractivity contribution in [1.29, 1.82) is 0 Å². The van der Waals surface area contributed by atoms with E-state index in [-0.39, 0.29) is 12.7 Å². The van der Waals surface area contributed by atoms with Crippen LogP contribution >= 0.6 is 0 Å². The monoisotopic (exact) mass is 260 g/mol. The van der Waals surface area contributed by atoms with Crippen LogP contribution in [-0.4, -0.2) is 35.9 Å². The molecule has 102 valence electrons. The van der Waals surface area contributed by atoms with Gasteiger partial charge in [0.1, 0.15) is 11.9 Å². The van der Waals surface area contributed by atoms with Gasteiger partial charge < -0.3 is 20.1 Å². The molecule has 0 spiro atoms. The molecule has 1 atom stereocenters. The van der Waals surface area contributed by atoms with Gasteiger partial charge in [-0.05, 0) is 43.5 Å². The number of hydrogen-bond donors (Lipinski definition) is 3. The first-order valence-electron chi connectivity index (χ1n) is 6.95. The Morgan fingerprint density at radius 3 is 3.21 bits per heavy atom. The van der Waals surface area contributed by atoms with Crippen LogP contribution in [0.5, 0.6) is 5.75 Å². The van der Waals surface area contributed by atoms with Gasteiger partial charge in [-0.3, -0.25) is 0 Å². The van der Waals surface area contributed by atoms with Gasteiger partial charge >= 0.3 is 0 Å². The lowest BCUT2D eigenvalue weighted by molar-refractivity contribution is 0.172. The SMILES string of the molecule is OCCCNC[C@@H]1CCc2ccc3[nH]ccc3c2O1. The summed E-state index contributed by atoms with van der Waals surface area (Å²) in [5.74, 6) is 1.04. The Bertz CT molecular complexity index is 550. The van der Waals surface area contributed by atoms with Crippen molar-refractivity contribution in [3.63, 3.8) is 0 Å². The average molecular weight is 260 g/mol. The van der Waals surface area contributed by atoms with E-state index in [4.69, 9.17) is 9.84 Å². The number of aliphatic hydroxyl groups is 1. The Morgan fingerprint density at radius 1 is 1.37 bits per heavy atom. The minimum atomic E-state index is 0.228. The van der Waals surface area contributed by atoms with E-state index in [9.17, 15) is 0 Å². The lowest BCUT2D eigenvalue weighted by Gasteiger charge is -2.27. The third-order valence-electron chi connectivity index (χ3n) is 3.67. The Labute approximate surface area is 112 Å². The molecule has 1 aliphatic heterocycles. The van der Waals surface area contributed by atoms with Crippen molar-refractivity contribution < 1.29 is 9.84 Å². The minimum Gasteiger partial charge on any atom is -0.488 e. The van der Waals surface area contributed by atoms with Gasteiger partial charge in [0.2, 0.25) is 0 Å². The third kappa shape index (κ3) is 2.60. The molecular formula is C15H20N2O2. The molecule has 0 radical (unpaired) electrons. The average Bonchev–Trinajstić information content (AvgIpc) is 2.92. The van der Waals surface area contributed by atoms with Crippen LogP contribution < -0.4 is 10.1 Å². The maximum Gasteiger partial charge on any atom is 0.132 e. The molecule has 1 aromatic carbocycles. The molecule has 0 amide bonds. The number of hydrogen-bond acceptors (Lipinski definition) is 3. The summed E-state index contributed by atoms with van der Waals surface area (Å²) in [6.45, 7) is 1.93. The molecule has 4 nitrogen and oxygen atoms in total. The highest BCUT2D eigenvalue weighted by Crippen LogP contribution is 2.34. The first kappa shape index (κ1) is 12.5. The standard InChI is InChI=1S/C15H20N2O2/c18-9-1-7-16-10-12-4-2-11-3-5-14-13(6-8-17-14)15(11)19-12/h3,5-6,8,12,16-18H,1-2,4,7,9-10H2/t12-/m0/s1. The molecule has 3 N–H and O–H groups in total. The summed E-state index contributed by atoms with van der Waals surface area (Å²) >= 11 is 0. The van der Waals surface area contributed by atoms with Crippen LogP contribution in [-0.2, 0) is 6.42 Å². The van der Waals surface area contributed by atoms with Crippen molar-refractivity contribution in [2.45, 2.75) is 25.4 Å². The summed E-state index contributed by atoms with van der Waals surface area (Å²) in [5.41, 5.74) is 2.44. The van der Waals surface area contributed by atoms with Crippen LogP contribution in [0, 0.1) is 0 Å². The van der Waals surface area contributed by atoms with Crippen molar-refractivity contribution in [3.05, 3.63) is 30.0 Å². The Morgan fingerprint density at radius 2 is 2.32 bits per heavy atom. The predicted octanol–water partition coefficient (Wildman–Crippen LogP) is 1.83. The summed E-state index contributed by atoms with van der Waals surface area (Å²) in [7, 11) is 0. The molecular weight excluding hydrogens is 240 g/mol. The van der Waals surface area contributed by atoms with Gasteiger partial charge in [-0.25, -0.2) is 0 Å². The van der Waals surface area contributed by atoms with Crippen molar-refractivity contribution in [1.82, 2.24) is 10.3 Å². The van der Waals surface area contributed by atoms with E-state index in [1.807, 2.05) is 6.20 Å².